The van der Waals surface area contributed by atoms with Gasteiger partial charge in [-0.1, -0.05) is 25.3 Å². The summed E-state index contributed by atoms with van der Waals surface area (Å²) in [6, 6.07) is 3.51. The molecule has 2 aromatic heterocycles. The van der Waals surface area contributed by atoms with E-state index in [4.69, 9.17) is 0 Å². The zero-order valence-electron chi connectivity index (χ0n) is 15.1. The second kappa shape index (κ2) is 7.68. The molecule has 0 spiro atoms. The van der Waals surface area contributed by atoms with Crippen molar-refractivity contribution in [1.29, 1.82) is 0 Å². The van der Waals surface area contributed by atoms with E-state index >= 15 is 0 Å². The van der Waals surface area contributed by atoms with Crippen LogP contribution in [0.1, 0.15) is 55.1 Å². The van der Waals surface area contributed by atoms with Gasteiger partial charge in [0.25, 0.3) is 11.8 Å². The van der Waals surface area contributed by atoms with Gasteiger partial charge < -0.3 is 15.5 Å². The van der Waals surface area contributed by atoms with E-state index in [2.05, 4.69) is 20.3 Å². The number of amides is 1. The van der Waals surface area contributed by atoms with Gasteiger partial charge in [0.2, 0.25) is 5.75 Å². The Kier molecular flexibility index (Phi) is 5.35. The quantitative estimate of drug-likeness (QED) is 0.777. The smallest absolute Gasteiger partial charge is 0.274 e. The Bertz CT molecular complexity index is 786. The van der Waals surface area contributed by atoms with Crippen LogP contribution in [0, 0.1) is 12.8 Å². The van der Waals surface area contributed by atoms with Crippen molar-refractivity contribution in [2.45, 2.75) is 52.0 Å². The van der Waals surface area contributed by atoms with Crippen LogP contribution in [0.25, 0.3) is 11.5 Å². The molecule has 7 nitrogen and oxygen atoms in total. The number of aromatic hydroxyl groups is 2. The van der Waals surface area contributed by atoms with E-state index < -0.39 is 17.5 Å². The average Bonchev–Trinajstić information content (AvgIpc) is 2.65. The zero-order valence-corrected chi connectivity index (χ0v) is 15.1. The van der Waals surface area contributed by atoms with E-state index in [0.29, 0.717) is 11.6 Å². The molecule has 0 radical (unpaired) electrons. The number of carbonyl (C=O) groups excluding carboxylic acids is 1. The summed E-state index contributed by atoms with van der Waals surface area (Å²) in [6.45, 7) is 3.87. The molecule has 1 unspecified atom stereocenters. The summed E-state index contributed by atoms with van der Waals surface area (Å²) in [4.78, 5) is 24.8. The van der Waals surface area contributed by atoms with Crippen LogP contribution in [0.2, 0.25) is 0 Å². The van der Waals surface area contributed by atoms with Crippen LogP contribution < -0.4 is 5.32 Å². The molecule has 2 heterocycles. The first kappa shape index (κ1) is 18.1. The van der Waals surface area contributed by atoms with Gasteiger partial charge in [-0.05, 0) is 44.2 Å². The van der Waals surface area contributed by atoms with Crippen molar-refractivity contribution in [1.82, 2.24) is 20.3 Å². The molecular formula is C19H24N4O3. The Balaban J connectivity index is 1.83. The Morgan fingerprint density at radius 1 is 1.19 bits per heavy atom. The summed E-state index contributed by atoms with van der Waals surface area (Å²) in [5.41, 5.74) is 1.15. The van der Waals surface area contributed by atoms with E-state index in [0.717, 1.165) is 18.4 Å². The fraction of sp³-hybridized carbons (Fsp3) is 0.474. The molecule has 1 fully saturated rings. The first-order valence-corrected chi connectivity index (χ1v) is 8.99. The Morgan fingerprint density at radius 3 is 2.58 bits per heavy atom. The summed E-state index contributed by atoms with van der Waals surface area (Å²) in [6.07, 6.45) is 7.40. The molecule has 7 heteroatoms. The van der Waals surface area contributed by atoms with Crippen LogP contribution in [-0.2, 0) is 0 Å². The molecule has 1 amide bonds. The standard InChI is InChI=1S/C19H24N4O3/c1-11-8-9-14(20-10-11)17-22-15(16(24)19(26)23-17)18(25)21-12(2)13-6-4-3-5-7-13/h8-10,12-13,24H,3-7H2,1-2H3,(H,21,25)(H,22,23,26). The molecule has 0 saturated heterocycles. The molecule has 1 aliphatic carbocycles. The molecule has 0 aliphatic heterocycles. The lowest BCUT2D eigenvalue weighted by Crippen LogP contribution is -2.39. The highest BCUT2D eigenvalue weighted by molar-refractivity contribution is 5.96. The van der Waals surface area contributed by atoms with Crippen LogP contribution in [0.3, 0.4) is 0 Å². The number of pyridine rings is 1. The number of carbonyl (C=O) groups is 1. The van der Waals surface area contributed by atoms with Crippen LogP contribution in [0.5, 0.6) is 11.6 Å². The first-order valence-electron chi connectivity index (χ1n) is 8.99. The van der Waals surface area contributed by atoms with Gasteiger partial charge in [0, 0.05) is 12.2 Å². The van der Waals surface area contributed by atoms with Gasteiger partial charge in [-0.25, -0.2) is 4.98 Å². The van der Waals surface area contributed by atoms with E-state index in [9.17, 15) is 15.0 Å². The third kappa shape index (κ3) is 3.92. The first-order chi connectivity index (χ1) is 12.5. The van der Waals surface area contributed by atoms with Gasteiger partial charge in [-0.2, -0.15) is 4.98 Å². The number of aromatic nitrogens is 3. The summed E-state index contributed by atoms with van der Waals surface area (Å²) < 4.78 is 0. The Hall–Kier alpha value is -2.70. The van der Waals surface area contributed by atoms with E-state index in [1.807, 2.05) is 19.9 Å². The second-order valence-electron chi connectivity index (χ2n) is 6.95. The average molecular weight is 356 g/mol. The molecule has 2 aromatic rings. The van der Waals surface area contributed by atoms with E-state index in [-0.39, 0.29) is 17.6 Å². The minimum absolute atomic E-state index is 0.0275. The monoisotopic (exact) mass is 356 g/mol. The fourth-order valence-corrected chi connectivity index (χ4v) is 3.34. The molecular weight excluding hydrogens is 332 g/mol. The summed E-state index contributed by atoms with van der Waals surface area (Å²) in [5.74, 6) is -1.26. The van der Waals surface area contributed by atoms with E-state index in [1.165, 1.54) is 19.3 Å². The summed E-state index contributed by atoms with van der Waals surface area (Å²) >= 11 is 0. The van der Waals surface area contributed by atoms with Gasteiger partial charge in [0.05, 0.1) is 0 Å². The molecule has 1 saturated carbocycles. The number of nitrogens with one attached hydrogen (secondary N) is 1. The number of hydrogen-bond donors (Lipinski definition) is 3. The molecule has 0 bridgehead atoms. The van der Waals surface area contributed by atoms with Crippen LogP contribution >= 0.6 is 0 Å². The van der Waals surface area contributed by atoms with Crippen LogP contribution in [0.15, 0.2) is 18.3 Å². The highest BCUT2D eigenvalue weighted by atomic mass is 16.3. The van der Waals surface area contributed by atoms with Crippen molar-refractivity contribution in [3.8, 4) is 23.1 Å². The predicted molar refractivity (Wildman–Crippen MR) is 96.8 cm³/mol. The lowest BCUT2D eigenvalue weighted by atomic mass is 9.84. The number of rotatable bonds is 4. The third-order valence-corrected chi connectivity index (χ3v) is 4.94. The van der Waals surface area contributed by atoms with Crippen molar-refractivity contribution in [3.05, 3.63) is 29.6 Å². The maximum absolute atomic E-state index is 12.6. The Morgan fingerprint density at radius 2 is 1.92 bits per heavy atom. The SMILES string of the molecule is Cc1ccc(-c2nc(O)c(O)c(C(=O)NC(C)C3CCCCC3)n2)nc1. The summed E-state index contributed by atoms with van der Waals surface area (Å²) in [5, 5.41) is 22.9. The van der Waals surface area contributed by atoms with Crippen molar-refractivity contribution >= 4 is 5.91 Å². The van der Waals surface area contributed by atoms with Gasteiger partial charge in [-0.3, -0.25) is 9.78 Å². The molecule has 0 aromatic carbocycles. The van der Waals surface area contributed by atoms with Crippen molar-refractivity contribution < 1.29 is 15.0 Å². The number of hydrogen-bond acceptors (Lipinski definition) is 6. The van der Waals surface area contributed by atoms with E-state index in [1.54, 1.807) is 12.3 Å². The predicted octanol–water partition coefficient (Wildman–Crippen LogP) is 2.96. The molecule has 3 rings (SSSR count). The molecule has 138 valence electrons. The van der Waals surface area contributed by atoms with Crippen LogP contribution in [0.4, 0.5) is 0 Å². The molecule has 1 atom stereocenters. The highest BCUT2D eigenvalue weighted by Gasteiger charge is 2.25. The number of nitrogens with zero attached hydrogens (tertiary/aromatic N) is 3. The van der Waals surface area contributed by atoms with Crippen molar-refractivity contribution in [2.75, 3.05) is 0 Å². The van der Waals surface area contributed by atoms with Gasteiger partial charge in [-0.15, -0.1) is 0 Å². The zero-order chi connectivity index (χ0) is 18.7. The highest BCUT2D eigenvalue weighted by Crippen LogP contribution is 2.29. The molecule has 3 N–H and O–H groups in total. The number of aryl methyl sites for hydroxylation is 1. The molecule has 26 heavy (non-hydrogen) atoms. The topological polar surface area (TPSA) is 108 Å². The van der Waals surface area contributed by atoms with Gasteiger partial charge in [0.1, 0.15) is 5.69 Å². The summed E-state index contributed by atoms with van der Waals surface area (Å²) in [7, 11) is 0. The Labute approximate surface area is 152 Å². The van der Waals surface area contributed by atoms with Gasteiger partial charge in [0.15, 0.2) is 11.5 Å². The largest absolute Gasteiger partial charge is 0.501 e. The normalized spacial score (nSPS) is 16.2. The van der Waals surface area contributed by atoms with Crippen LogP contribution in [-0.4, -0.2) is 37.1 Å². The maximum atomic E-state index is 12.6. The lowest BCUT2D eigenvalue weighted by Gasteiger charge is -2.28. The fourth-order valence-electron chi connectivity index (χ4n) is 3.34. The van der Waals surface area contributed by atoms with Crippen molar-refractivity contribution in [2.24, 2.45) is 5.92 Å². The van der Waals surface area contributed by atoms with Crippen molar-refractivity contribution in [3.63, 3.8) is 0 Å². The minimum atomic E-state index is -0.632. The van der Waals surface area contributed by atoms with Gasteiger partial charge >= 0.3 is 0 Å². The molecule has 1 aliphatic rings. The second-order valence-corrected chi connectivity index (χ2v) is 6.95. The lowest BCUT2D eigenvalue weighted by molar-refractivity contribution is 0.0910. The third-order valence-electron chi connectivity index (χ3n) is 4.94. The minimum Gasteiger partial charge on any atom is -0.501 e. The maximum Gasteiger partial charge on any atom is 0.274 e.